The van der Waals surface area contributed by atoms with Gasteiger partial charge in [0.1, 0.15) is 74.3 Å². The topological polar surface area (TPSA) is 327 Å². The molecular weight excluding hydrogens is 1220 g/mol. The SMILES string of the molecule is CCCCCC/C=C\C/C=C\CCCCCCC(=O)OC[C@H](CO[C@H]1OC(COC(=O)CCCCCCCCCCCCCCCC)[C@@H](O)C(O)C1OCC(O)C(O)[C@@H](O)C(O)OC(C)OC(CO)[C@H](O)C(O)CO)OC(=O)CCCCCCCCCCCCCCCCC. The number of rotatable bonds is 67. The summed E-state index contributed by atoms with van der Waals surface area (Å²) in [5.41, 5.74) is 0. The van der Waals surface area contributed by atoms with E-state index in [1.165, 1.54) is 155 Å². The van der Waals surface area contributed by atoms with Gasteiger partial charge < -0.3 is 89.0 Å². The molecule has 0 bridgehead atoms. The maximum Gasteiger partial charge on any atom is 0.306 e. The van der Waals surface area contributed by atoms with E-state index >= 15 is 0 Å². The third kappa shape index (κ3) is 47.9. The standard InChI is InChI=1S/C74H138O21/c1-5-8-11-14-17-20-23-26-29-32-35-37-40-43-46-49-64(79)88-54-59(94-66(81)51-48-45-42-39-36-33-30-27-24-21-18-15-12-9-6-2)55-91-74-72(90-56-61(78)68(83)71(86)73(87)93-58(4)92-62(53-76)67(82)60(77)52-75)70(85)69(84)63(95-74)57-89-65(80)50-47-44-41-38-34-31-28-25-22-19-16-13-10-7-3/h20,23,29,32,58-63,67-78,82-87H,5-19,21-22,24-28,30-31,33-57H2,1-4H3/b23-20-,32-29-/t58?,59-,60?,61?,62?,63?,67-,68?,69-,70?,71-,72?,73?,74+/m1/s1. The van der Waals surface area contributed by atoms with E-state index in [4.69, 9.17) is 37.9 Å². The largest absolute Gasteiger partial charge is 0.463 e. The van der Waals surface area contributed by atoms with Gasteiger partial charge in [0.2, 0.25) is 0 Å². The fourth-order valence-electron chi connectivity index (χ4n) is 11.5. The van der Waals surface area contributed by atoms with Crippen molar-refractivity contribution in [2.45, 2.75) is 390 Å². The number of hydrogen-bond donors (Lipinski definition) is 10. The zero-order valence-corrected chi connectivity index (χ0v) is 59.5. The van der Waals surface area contributed by atoms with Crippen LogP contribution in [0.2, 0.25) is 0 Å². The van der Waals surface area contributed by atoms with E-state index in [0.29, 0.717) is 19.3 Å². The Morgan fingerprint density at radius 3 is 1.31 bits per heavy atom. The number of hydrogen-bond acceptors (Lipinski definition) is 21. The summed E-state index contributed by atoms with van der Waals surface area (Å²) < 4.78 is 45.7. The van der Waals surface area contributed by atoms with E-state index in [0.717, 1.165) is 89.9 Å². The molecule has 21 heteroatoms. The van der Waals surface area contributed by atoms with Crippen LogP contribution >= 0.6 is 0 Å². The van der Waals surface area contributed by atoms with Crippen LogP contribution in [0.15, 0.2) is 24.3 Å². The van der Waals surface area contributed by atoms with Crippen molar-refractivity contribution in [1.82, 2.24) is 0 Å². The molecule has 1 aliphatic heterocycles. The normalized spacial score (nSPS) is 19.7. The third-order valence-corrected chi connectivity index (χ3v) is 17.6. The molecule has 10 N–H and O–H groups in total. The summed E-state index contributed by atoms with van der Waals surface area (Å²) in [5.74, 6) is -1.60. The Bertz CT molecular complexity index is 1830. The van der Waals surface area contributed by atoms with Crippen molar-refractivity contribution in [2.24, 2.45) is 0 Å². The minimum Gasteiger partial charge on any atom is -0.463 e. The van der Waals surface area contributed by atoms with Gasteiger partial charge in [-0.25, -0.2) is 0 Å². The number of aliphatic hydroxyl groups is 10. The number of carbonyl (C=O) groups excluding carboxylic acids is 3. The molecule has 0 aromatic carbocycles. The quantitative estimate of drug-likeness (QED) is 0.00889. The lowest BCUT2D eigenvalue weighted by Gasteiger charge is -2.42. The second kappa shape index (κ2) is 62.3. The first kappa shape index (κ1) is 90.3. The van der Waals surface area contributed by atoms with Crippen molar-refractivity contribution in [2.75, 3.05) is 39.6 Å². The Hall–Kier alpha value is -2.71. The van der Waals surface area contributed by atoms with E-state index in [2.05, 4.69) is 45.1 Å². The molecule has 9 unspecified atom stereocenters. The highest BCUT2D eigenvalue weighted by Crippen LogP contribution is 2.27. The van der Waals surface area contributed by atoms with Gasteiger partial charge in [-0.1, -0.05) is 251 Å². The van der Waals surface area contributed by atoms with Crippen molar-refractivity contribution in [1.29, 1.82) is 0 Å². The average molecular weight is 1360 g/mol. The molecule has 0 aliphatic carbocycles. The smallest absolute Gasteiger partial charge is 0.306 e. The summed E-state index contributed by atoms with van der Waals surface area (Å²) >= 11 is 0. The predicted octanol–water partition coefficient (Wildman–Crippen LogP) is 11.6. The Morgan fingerprint density at radius 2 is 0.853 bits per heavy atom. The molecule has 1 aliphatic rings. The summed E-state index contributed by atoms with van der Waals surface area (Å²) in [6.07, 6.45) is 29.3. The second-order valence-electron chi connectivity index (χ2n) is 26.4. The highest BCUT2D eigenvalue weighted by atomic mass is 16.7. The fraction of sp³-hybridized carbons (Fsp3) is 0.905. The van der Waals surface area contributed by atoms with Gasteiger partial charge in [0, 0.05) is 19.3 Å². The lowest BCUT2D eigenvalue weighted by Crippen LogP contribution is -2.61. The van der Waals surface area contributed by atoms with Gasteiger partial charge in [0.05, 0.1) is 26.4 Å². The van der Waals surface area contributed by atoms with E-state index in [1.54, 1.807) is 0 Å². The molecule has 0 saturated carbocycles. The number of carbonyl (C=O) groups is 3. The van der Waals surface area contributed by atoms with Crippen molar-refractivity contribution in [3.8, 4) is 0 Å². The zero-order valence-electron chi connectivity index (χ0n) is 59.5. The van der Waals surface area contributed by atoms with Gasteiger partial charge in [-0.2, -0.15) is 0 Å². The van der Waals surface area contributed by atoms with Crippen LogP contribution in [0, 0.1) is 0 Å². The van der Waals surface area contributed by atoms with Gasteiger partial charge >= 0.3 is 17.9 Å². The highest BCUT2D eigenvalue weighted by molar-refractivity contribution is 5.70. The highest BCUT2D eigenvalue weighted by Gasteiger charge is 2.47. The van der Waals surface area contributed by atoms with Gasteiger partial charge in [-0.3, -0.25) is 14.4 Å². The second-order valence-corrected chi connectivity index (χ2v) is 26.4. The van der Waals surface area contributed by atoms with Crippen LogP contribution in [0.25, 0.3) is 0 Å². The van der Waals surface area contributed by atoms with Crippen LogP contribution in [0.3, 0.4) is 0 Å². The van der Waals surface area contributed by atoms with E-state index in [9.17, 15) is 65.4 Å². The van der Waals surface area contributed by atoms with Crippen molar-refractivity contribution in [3.63, 3.8) is 0 Å². The fourth-order valence-corrected chi connectivity index (χ4v) is 11.5. The Kier molecular flexibility index (Phi) is 59.2. The molecule has 14 atom stereocenters. The Balaban J connectivity index is 3.12. The molecular formula is C74H138O21. The molecule has 560 valence electrons. The molecule has 21 nitrogen and oxygen atoms in total. The summed E-state index contributed by atoms with van der Waals surface area (Å²) in [6, 6.07) is 0. The zero-order chi connectivity index (χ0) is 69.9. The van der Waals surface area contributed by atoms with Crippen LogP contribution in [0.1, 0.15) is 304 Å². The monoisotopic (exact) mass is 1360 g/mol. The first-order valence-electron chi connectivity index (χ1n) is 37.7. The van der Waals surface area contributed by atoms with E-state index < -0.39 is 144 Å². The van der Waals surface area contributed by atoms with Crippen LogP contribution in [0.4, 0.5) is 0 Å². The third-order valence-electron chi connectivity index (χ3n) is 17.6. The first-order valence-corrected chi connectivity index (χ1v) is 37.7. The summed E-state index contributed by atoms with van der Waals surface area (Å²) in [6.45, 7) is 3.89. The molecule has 0 amide bonds. The van der Waals surface area contributed by atoms with E-state index in [1.807, 2.05) is 0 Å². The maximum absolute atomic E-state index is 13.5. The Labute approximate surface area is 572 Å². The molecule has 95 heavy (non-hydrogen) atoms. The molecule has 0 radical (unpaired) electrons. The summed E-state index contributed by atoms with van der Waals surface area (Å²) in [4.78, 5) is 39.6. The summed E-state index contributed by atoms with van der Waals surface area (Å²) in [5, 5.41) is 105. The molecule has 1 fully saturated rings. The molecule has 0 spiro atoms. The molecule has 1 heterocycles. The van der Waals surface area contributed by atoms with Gasteiger partial charge in [0.25, 0.3) is 0 Å². The molecule has 1 saturated heterocycles. The van der Waals surface area contributed by atoms with Crippen LogP contribution < -0.4 is 0 Å². The molecule has 1 rings (SSSR count). The van der Waals surface area contributed by atoms with Crippen LogP contribution in [0.5, 0.6) is 0 Å². The minimum atomic E-state index is -2.26. The van der Waals surface area contributed by atoms with Crippen molar-refractivity contribution < 1.29 is 103 Å². The minimum absolute atomic E-state index is 0.0931. The van der Waals surface area contributed by atoms with Crippen molar-refractivity contribution in [3.05, 3.63) is 24.3 Å². The maximum atomic E-state index is 13.5. The molecule has 0 aromatic heterocycles. The lowest BCUT2D eigenvalue weighted by atomic mass is 9.98. The number of esters is 3. The van der Waals surface area contributed by atoms with Crippen molar-refractivity contribution >= 4 is 17.9 Å². The average Bonchev–Trinajstić information content (AvgIpc) is 0.815. The first-order chi connectivity index (χ1) is 46.0. The van der Waals surface area contributed by atoms with E-state index in [-0.39, 0.29) is 19.3 Å². The number of unbranched alkanes of at least 4 members (excludes halogenated alkanes) is 35. The number of ether oxygens (including phenoxy) is 8. The Morgan fingerprint density at radius 1 is 0.432 bits per heavy atom. The number of allylic oxidation sites excluding steroid dienone is 4. The predicted molar refractivity (Wildman–Crippen MR) is 368 cm³/mol. The van der Waals surface area contributed by atoms with Crippen LogP contribution in [-0.2, 0) is 52.3 Å². The lowest BCUT2D eigenvalue weighted by molar-refractivity contribution is -0.318. The number of aliphatic hydroxyl groups excluding tert-OH is 10. The van der Waals surface area contributed by atoms with Crippen LogP contribution in [-0.4, -0.2) is 195 Å². The van der Waals surface area contributed by atoms with Gasteiger partial charge in [-0.05, 0) is 58.3 Å². The molecule has 0 aromatic rings. The summed E-state index contributed by atoms with van der Waals surface area (Å²) in [7, 11) is 0. The van der Waals surface area contributed by atoms with Gasteiger partial charge in [0.15, 0.2) is 25.0 Å². The van der Waals surface area contributed by atoms with Gasteiger partial charge in [-0.15, -0.1) is 0 Å².